The van der Waals surface area contributed by atoms with E-state index in [0.717, 1.165) is 26.7 Å². The summed E-state index contributed by atoms with van der Waals surface area (Å²) in [5.41, 5.74) is 3.48. The van der Waals surface area contributed by atoms with Crippen LogP contribution in [0.2, 0.25) is 0 Å². The first-order valence-corrected chi connectivity index (χ1v) is 15.6. The molecule has 1 atom stereocenters. The fourth-order valence-electron chi connectivity index (χ4n) is 5.25. The van der Waals surface area contributed by atoms with Crippen LogP contribution >= 0.6 is 11.8 Å². The van der Waals surface area contributed by atoms with E-state index in [9.17, 15) is 14.4 Å². The minimum absolute atomic E-state index is 0.0369. The average Bonchev–Trinajstić information content (AvgIpc) is 3.43. The van der Waals surface area contributed by atoms with Crippen molar-refractivity contribution in [2.75, 3.05) is 12.4 Å². The van der Waals surface area contributed by atoms with Crippen molar-refractivity contribution in [2.45, 2.75) is 17.1 Å². The van der Waals surface area contributed by atoms with Gasteiger partial charge in [0.05, 0.1) is 23.4 Å². The van der Waals surface area contributed by atoms with Gasteiger partial charge in [-0.15, -0.1) is 11.8 Å². The summed E-state index contributed by atoms with van der Waals surface area (Å²) in [5.74, 6) is -0.254. The summed E-state index contributed by atoms with van der Waals surface area (Å²) >= 11 is 1.41. The summed E-state index contributed by atoms with van der Waals surface area (Å²) in [7, 11) is 1.58. The Morgan fingerprint density at radius 1 is 0.761 bits per heavy atom. The fraction of sp³-hybridized carbons (Fsp3) is 0.0789. The van der Waals surface area contributed by atoms with Crippen LogP contribution in [0.4, 0.5) is 5.69 Å². The number of aromatic nitrogens is 1. The molecule has 0 radical (unpaired) electrons. The number of ether oxygens (including phenoxy) is 1. The zero-order chi connectivity index (χ0) is 32.0. The molecule has 0 fully saturated rings. The van der Waals surface area contributed by atoms with Crippen molar-refractivity contribution in [1.29, 1.82) is 0 Å². The van der Waals surface area contributed by atoms with Gasteiger partial charge in [-0.05, 0) is 73.2 Å². The number of fused-ring (bicyclic) bond motifs is 3. The number of carbonyl (C=O) groups is 3. The highest BCUT2D eigenvalue weighted by Gasteiger charge is 2.22. The summed E-state index contributed by atoms with van der Waals surface area (Å²) in [6.45, 7) is 1.89. The molecule has 0 saturated heterocycles. The number of amides is 2. The van der Waals surface area contributed by atoms with Crippen molar-refractivity contribution in [2.24, 2.45) is 0 Å². The number of benzene rings is 5. The van der Waals surface area contributed by atoms with E-state index in [1.165, 1.54) is 11.8 Å². The van der Waals surface area contributed by atoms with E-state index in [1.807, 2.05) is 79.7 Å². The molecule has 2 amide bonds. The number of para-hydroxylation sites is 2. The highest BCUT2D eigenvalue weighted by Crippen LogP contribution is 2.32. The number of methoxy groups -OCH3 is 1. The van der Waals surface area contributed by atoms with E-state index >= 15 is 0 Å². The van der Waals surface area contributed by atoms with E-state index < -0.39 is 17.1 Å². The van der Waals surface area contributed by atoms with Crippen molar-refractivity contribution in [3.05, 3.63) is 144 Å². The molecule has 0 aliphatic rings. The molecule has 0 aliphatic carbocycles. The second-order valence-electron chi connectivity index (χ2n) is 10.6. The SMILES string of the molecule is COc1ccc(/C=C(/NC(=O)c2ccccc2)C(=O)Nc2cccc(SC(C)C(=O)n3c4ccccc4c4ccccc43)c2)cc1. The van der Waals surface area contributed by atoms with Gasteiger partial charge >= 0.3 is 0 Å². The van der Waals surface area contributed by atoms with Gasteiger partial charge < -0.3 is 15.4 Å². The van der Waals surface area contributed by atoms with Crippen LogP contribution in [0, 0.1) is 0 Å². The van der Waals surface area contributed by atoms with Crippen LogP contribution in [0.1, 0.15) is 27.6 Å². The third kappa shape index (κ3) is 6.57. The predicted octanol–water partition coefficient (Wildman–Crippen LogP) is 8.03. The number of carbonyl (C=O) groups excluding carboxylic acids is 3. The Morgan fingerprint density at radius 2 is 1.39 bits per heavy atom. The zero-order valence-electron chi connectivity index (χ0n) is 25.3. The first kappa shape index (κ1) is 30.4. The smallest absolute Gasteiger partial charge is 0.272 e. The predicted molar refractivity (Wildman–Crippen MR) is 185 cm³/mol. The summed E-state index contributed by atoms with van der Waals surface area (Å²) in [6, 6.07) is 39.0. The quantitative estimate of drug-likeness (QED) is 0.125. The molecule has 228 valence electrons. The number of anilines is 1. The van der Waals surface area contributed by atoms with Crippen molar-refractivity contribution in [1.82, 2.24) is 9.88 Å². The van der Waals surface area contributed by atoms with Crippen LogP contribution < -0.4 is 15.4 Å². The maximum atomic E-state index is 13.8. The monoisotopic (exact) mass is 625 g/mol. The van der Waals surface area contributed by atoms with Gasteiger partial charge in [-0.3, -0.25) is 19.0 Å². The van der Waals surface area contributed by atoms with Gasteiger partial charge in [-0.2, -0.15) is 0 Å². The number of nitrogens with zero attached hydrogens (tertiary/aromatic N) is 1. The lowest BCUT2D eigenvalue weighted by atomic mass is 10.1. The van der Waals surface area contributed by atoms with Gasteiger partial charge in [-0.1, -0.05) is 72.8 Å². The Labute approximate surface area is 270 Å². The first-order valence-electron chi connectivity index (χ1n) is 14.7. The molecule has 8 heteroatoms. The summed E-state index contributed by atoms with van der Waals surface area (Å²) < 4.78 is 7.03. The molecular weight excluding hydrogens is 595 g/mol. The van der Waals surface area contributed by atoms with Crippen LogP contribution in [0.3, 0.4) is 0 Å². The van der Waals surface area contributed by atoms with Gasteiger partial charge in [-0.25, -0.2) is 0 Å². The van der Waals surface area contributed by atoms with E-state index in [0.29, 0.717) is 22.6 Å². The molecule has 1 unspecified atom stereocenters. The Bertz CT molecular complexity index is 2030. The van der Waals surface area contributed by atoms with Crippen molar-refractivity contribution in [3.8, 4) is 5.75 Å². The Kier molecular flexibility index (Phi) is 8.98. The molecule has 0 bridgehead atoms. The molecule has 6 rings (SSSR count). The largest absolute Gasteiger partial charge is 0.497 e. The number of nitrogens with one attached hydrogen (secondary N) is 2. The molecule has 5 aromatic carbocycles. The maximum absolute atomic E-state index is 13.8. The number of rotatable bonds is 9. The molecule has 1 aromatic heterocycles. The minimum atomic E-state index is -0.489. The molecule has 0 saturated carbocycles. The molecule has 6 aromatic rings. The van der Waals surface area contributed by atoms with Gasteiger partial charge in [0.2, 0.25) is 5.91 Å². The highest BCUT2D eigenvalue weighted by molar-refractivity contribution is 8.00. The topological polar surface area (TPSA) is 89.4 Å². The van der Waals surface area contributed by atoms with Gasteiger partial charge in [0.15, 0.2) is 0 Å². The van der Waals surface area contributed by atoms with Gasteiger partial charge in [0.25, 0.3) is 11.8 Å². The summed E-state index contributed by atoms with van der Waals surface area (Å²) in [5, 5.41) is 7.32. The second-order valence-corrected chi connectivity index (χ2v) is 12.0. The van der Waals surface area contributed by atoms with E-state index in [2.05, 4.69) is 10.6 Å². The number of hydrogen-bond donors (Lipinski definition) is 2. The second kappa shape index (κ2) is 13.6. The normalized spacial score (nSPS) is 12.1. The highest BCUT2D eigenvalue weighted by atomic mass is 32.2. The number of hydrogen-bond acceptors (Lipinski definition) is 5. The van der Waals surface area contributed by atoms with Crippen LogP contribution in [0.15, 0.2) is 138 Å². The zero-order valence-corrected chi connectivity index (χ0v) is 26.1. The average molecular weight is 626 g/mol. The Balaban J connectivity index is 1.22. The Morgan fingerprint density at radius 3 is 2.04 bits per heavy atom. The summed E-state index contributed by atoms with van der Waals surface area (Å²) in [4.78, 5) is 41.2. The first-order chi connectivity index (χ1) is 22.4. The lowest BCUT2D eigenvalue weighted by molar-refractivity contribution is -0.113. The van der Waals surface area contributed by atoms with E-state index in [1.54, 1.807) is 72.4 Å². The third-order valence-corrected chi connectivity index (χ3v) is 8.59. The molecule has 46 heavy (non-hydrogen) atoms. The van der Waals surface area contributed by atoms with E-state index in [4.69, 9.17) is 4.74 Å². The van der Waals surface area contributed by atoms with Gasteiger partial charge in [0, 0.05) is 26.9 Å². The van der Waals surface area contributed by atoms with E-state index in [-0.39, 0.29) is 11.6 Å². The molecule has 0 aliphatic heterocycles. The minimum Gasteiger partial charge on any atom is -0.497 e. The van der Waals surface area contributed by atoms with Crippen LogP contribution in [0.25, 0.3) is 27.9 Å². The van der Waals surface area contributed by atoms with Crippen LogP contribution in [-0.2, 0) is 4.79 Å². The van der Waals surface area contributed by atoms with Crippen LogP contribution in [-0.4, -0.2) is 34.6 Å². The van der Waals surface area contributed by atoms with Crippen molar-refractivity contribution >= 4 is 63.1 Å². The van der Waals surface area contributed by atoms with Crippen molar-refractivity contribution < 1.29 is 19.1 Å². The third-order valence-electron chi connectivity index (χ3n) is 7.51. The van der Waals surface area contributed by atoms with Crippen LogP contribution in [0.5, 0.6) is 5.75 Å². The van der Waals surface area contributed by atoms with Crippen molar-refractivity contribution in [3.63, 3.8) is 0 Å². The standard InChI is InChI=1S/C38H31N3O4S/c1-25(38(44)41-34-17-8-6-15-31(34)32-16-7-9-18-35(32)41)46-30-14-10-13-28(24-30)39-37(43)33(23-26-19-21-29(45-2)22-20-26)40-36(42)27-11-4-3-5-12-27/h3-25H,1-2H3,(H,39,43)(H,40,42)/b33-23+. The summed E-state index contributed by atoms with van der Waals surface area (Å²) in [6.07, 6.45) is 1.61. The lowest BCUT2D eigenvalue weighted by Gasteiger charge is -2.15. The number of thioether (sulfide) groups is 1. The molecule has 2 N–H and O–H groups in total. The Hall–Kier alpha value is -5.60. The fourth-order valence-corrected chi connectivity index (χ4v) is 6.22. The molecular formula is C38H31N3O4S. The molecule has 1 heterocycles. The lowest BCUT2D eigenvalue weighted by Crippen LogP contribution is -2.30. The maximum Gasteiger partial charge on any atom is 0.272 e. The molecule has 7 nitrogen and oxygen atoms in total. The molecule has 0 spiro atoms. The van der Waals surface area contributed by atoms with Gasteiger partial charge in [0.1, 0.15) is 11.4 Å².